The second-order valence-corrected chi connectivity index (χ2v) is 6.93. The fourth-order valence-corrected chi connectivity index (χ4v) is 3.73. The van der Waals surface area contributed by atoms with Crippen LogP contribution in [0.5, 0.6) is 0 Å². The Morgan fingerprint density at radius 3 is 2.92 bits per heavy atom. The van der Waals surface area contributed by atoms with Crippen molar-refractivity contribution in [2.24, 2.45) is 5.73 Å². The van der Waals surface area contributed by atoms with Gasteiger partial charge in [-0.3, -0.25) is 4.79 Å². The lowest BCUT2D eigenvalue weighted by molar-refractivity contribution is -0.118. The fourth-order valence-electron chi connectivity index (χ4n) is 3.00. The Bertz CT molecular complexity index is 710. The first kappa shape index (κ1) is 17.1. The number of nitrogens with zero attached hydrogens (tertiary/aromatic N) is 1. The van der Waals surface area contributed by atoms with Crippen LogP contribution < -0.4 is 11.1 Å². The van der Waals surface area contributed by atoms with E-state index in [2.05, 4.69) is 28.5 Å². The van der Waals surface area contributed by atoms with Crippen molar-refractivity contribution in [1.82, 2.24) is 4.98 Å². The minimum atomic E-state index is -0.259. The van der Waals surface area contributed by atoms with Gasteiger partial charge in [0.15, 0.2) is 5.13 Å². The average Bonchev–Trinajstić information content (AvgIpc) is 3.07. The third kappa shape index (κ3) is 4.01. The highest BCUT2D eigenvalue weighted by Crippen LogP contribution is 2.29. The number of thiazole rings is 1. The number of anilines is 1. The molecule has 24 heavy (non-hydrogen) atoms. The number of nitrogens with one attached hydrogen (secondary N) is 1. The van der Waals surface area contributed by atoms with Crippen molar-refractivity contribution < 1.29 is 9.53 Å². The van der Waals surface area contributed by atoms with E-state index < -0.39 is 0 Å². The Labute approximate surface area is 146 Å². The largest absolute Gasteiger partial charge is 0.380 e. The van der Waals surface area contributed by atoms with E-state index in [4.69, 9.17) is 10.5 Å². The van der Waals surface area contributed by atoms with Crippen LogP contribution in [0.15, 0.2) is 23.6 Å². The number of amides is 1. The lowest BCUT2D eigenvalue weighted by Crippen LogP contribution is -2.28. The van der Waals surface area contributed by atoms with Crippen molar-refractivity contribution in [3.63, 3.8) is 0 Å². The number of fused-ring (bicyclic) bond motifs is 1. The molecule has 0 saturated heterocycles. The SMILES string of the molecule is COC(CN)CC(=O)Nc1nc(-c2ccc3c(c2)CCCC3)cs1. The quantitative estimate of drug-likeness (QED) is 0.844. The summed E-state index contributed by atoms with van der Waals surface area (Å²) in [5.41, 5.74) is 10.5. The molecule has 1 aromatic heterocycles. The van der Waals surface area contributed by atoms with Crippen LogP contribution in [0.3, 0.4) is 0 Å². The van der Waals surface area contributed by atoms with Gasteiger partial charge in [-0.25, -0.2) is 4.98 Å². The Balaban J connectivity index is 1.68. The zero-order valence-corrected chi connectivity index (χ0v) is 14.7. The first-order chi connectivity index (χ1) is 11.7. The summed E-state index contributed by atoms with van der Waals surface area (Å²) in [6, 6.07) is 6.58. The van der Waals surface area contributed by atoms with Gasteiger partial charge in [-0.15, -0.1) is 11.3 Å². The maximum atomic E-state index is 12.0. The maximum absolute atomic E-state index is 12.0. The molecule has 1 aliphatic rings. The third-order valence-corrected chi connectivity index (χ3v) is 5.16. The van der Waals surface area contributed by atoms with Crippen molar-refractivity contribution >= 4 is 22.4 Å². The van der Waals surface area contributed by atoms with Crippen molar-refractivity contribution in [3.05, 3.63) is 34.7 Å². The normalized spacial score (nSPS) is 14.9. The summed E-state index contributed by atoms with van der Waals surface area (Å²) in [6.45, 7) is 0.322. The van der Waals surface area contributed by atoms with Gasteiger partial charge < -0.3 is 15.8 Å². The monoisotopic (exact) mass is 345 g/mol. The predicted molar refractivity (Wildman–Crippen MR) is 97.3 cm³/mol. The highest BCUT2D eigenvalue weighted by molar-refractivity contribution is 7.14. The van der Waals surface area contributed by atoms with Crippen LogP contribution in [0.1, 0.15) is 30.4 Å². The molecule has 1 aromatic carbocycles. The summed E-state index contributed by atoms with van der Waals surface area (Å²) in [4.78, 5) is 16.5. The smallest absolute Gasteiger partial charge is 0.228 e. The second kappa shape index (κ2) is 7.88. The van der Waals surface area contributed by atoms with E-state index in [9.17, 15) is 4.79 Å². The van der Waals surface area contributed by atoms with Gasteiger partial charge in [0, 0.05) is 24.6 Å². The van der Waals surface area contributed by atoms with Gasteiger partial charge >= 0.3 is 0 Å². The summed E-state index contributed by atoms with van der Waals surface area (Å²) in [5.74, 6) is -0.126. The van der Waals surface area contributed by atoms with Crippen molar-refractivity contribution in [3.8, 4) is 11.3 Å². The molecule has 1 aliphatic carbocycles. The van der Waals surface area contributed by atoms with E-state index >= 15 is 0 Å². The second-order valence-electron chi connectivity index (χ2n) is 6.07. The molecule has 2 aromatic rings. The molecule has 0 radical (unpaired) electrons. The Morgan fingerprint density at radius 2 is 2.17 bits per heavy atom. The molecule has 0 fully saturated rings. The number of carbonyl (C=O) groups is 1. The predicted octanol–water partition coefficient (Wildman–Crippen LogP) is 2.99. The number of hydrogen-bond acceptors (Lipinski definition) is 5. The summed E-state index contributed by atoms with van der Waals surface area (Å²) >= 11 is 1.44. The molecular formula is C18H23N3O2S. The van der Waals surface area contributed by atoms with Gasteiger partial charge in [-0.1, -0.05) is 12.1 Å². The van der Waals surface area contributed by atoms with E-state index in [1.54, 1.807) is 7.11 Å². The number of aromatic nitrogens is 1. The van der Waals surface area contributed by atoms with Crippen LogP contribution >= 0.6 is 11.3 Å². The molecule has 0 saturated carbocycles. The van der Waals surface area contributed by atoms with E-state index in [-0.39, 0.29) is 18.4 Å². The van der Waals surface area contributed by atoms with E-state index in [0.29, 0.717) is 11.7 Å². The molecule has 0 bridgehead atoms. The average molecular weight is 345 g/mol. The molecule has 0 aliphatic heterocycles. The Morgan fingerprint density at radius 1 is 1.38 bits per heavy atom. The number of ether oxygens (including phenoxy) is 1. The number of methoxy groups -OCH3 is 1. The van der Waals surface area contributed by atoms with Crippen LogP contribution in [0.2, 0.25) is 0 Å². The number of aryl methyl sites for hydroxylation is 2. The van der Waals surface area contributed by atoms with E-state index in [1.807, 2.05) is 5.38 Å². The summed E-state index contributed by atoms with van der Waals surface area (Å²) in [5, 5.41) is 5.42. The minimum absolute atomic E-state index is 0.126. The molecule has 1 unspecified atom stereocenters. The van der Waals surface area contributed by atoms with Gasteiger partial charge in [0.2, 0.25) is 5.91 Å². The Hall–Kier alpha value is -1.76. The molecule has 1 heterocycles. The van der Waals surface area contributed by atoms with Gasteiger partial charge in [0.25, 0.3) is 0 Å². The third-order valence-electron chi connectivity index (χ3n) is 4.40. The van der Waals surface area contributed by atoms with Crippen molar-refractivity contribution in [2.75, 3.05) is 19.0 Å². The highest BCUT2D eigenvalue weighted by Gasteiger charge is 2.15. The van der Waals surface area contributed by atoms with Crippen LogP contribution in [0.25, 0.3) is 11.3 Å². The maximum Gasteiger partial charge on any atom is 0.228 e. The number of rotatable bonds is 6. The molecule has 3 N–H and O–H groups in total. The van der Waals surface area contributed by atoms with Crippen LogP contribution in [-0.2, 0) is 22.4 Å². The fraction of sp³-hybridized carbons (Fsp3) is 0.444. The van der Waals surface area contributed by atoms with Crippen LogP contribution in [-0.4, -0.2) is 30.6 Å². The van der Waals surface area contributed by atoms with Crippen molar-refractivity contribution in [1.29, 1.82) is 0 Å². The zero-order chi connectivity index (χ0) is 16.9. The molecule has 6 heteroatoms. The molecule has 0 spiro atoms. The summed E-state index contributed by atoms with van der Waals surface area (Å²) in [6.07, 6.45) is 4.84. The first-order valence-electron chi connectivity index (χ1n) is 8.30. The molecule has 3 rings (SSSR count). The number of carbonyl (C=O) groups excluding carboxylic acids is 1. The minimum Gasteiger partial charge on any atom is -0.380 e. The van der Waals surface area contributed by atoms with E-state index in [1.165, 1.54) is 41.7 Å². The standard InChI is InChI=1S/C18H23N3O2S/c1-23-15(10-19)9-17(22)21-18-20-16(11-24-18)14-7-6-12-4-2-3-5-13(12)8-14/h6-8,11,15H,2-5,9-10,19H2,1H3,(H,20,21,22). The van der Waals surface area contributed by atoms with Gasteiger partial charge in [-0.2, -0.15) is 0 Å². The lowest BCUT2D eigenvalue weighted by Gasteiger charge is -2.16. The first-order valence-corrected chi connectivity index (χ1v) is 9.18. The molecule has 1 atom stereocenters. The number of hydrogen-bond donors (Lipinski definition) is 2. The molecule has 5 nitrogen and oxygen atoms in total. The molecule has 128 valence electrons. The van der Waals surface area contributed by atoms with Gasteiger partial charge in [0.05, 0.1) is 18.2 Å². The highest BCUT2D eigenvalue weighted by atomic mass is 32.1. The lowest BCUT2D eigenvalue weighted by atomic mass is 9.90. The molecular weight excluding hydrogens is 322 g/mol. The zero-order valence-electron chi connectivity index (χ0n) is 13.9. The van der Waals surface area contributed by atoms with Gasteiger partial charge in [-0.05, 0) is 42.9 Å². The molecule has 1 amide bonds. The van der Waals surface area contributed by atoms with Crippen LogP contribution in [0.4, 0.5) is 5.13 Å². The summed E-state index contributed by atoms with van der Waals surface area (Å²) < 4.78 is 5.13. The Kier molecular flexibility index (Phi) is 5.60. The van der Waals surface area contributed by atoms with Crippen molar-refractivity contribution in [2.45, 2.75) is 38.2 Å². The summed E-state index contributed by atoms with van der Waals surface area (Å²) in [7, 11) is 1.56. The number of nitrogens with two attached hydrogens (primary N) is 1. The van der Waals surface area contributed by atoms with Gasteiger partial charge in [0.1, 0.15) is 0 Å². The number of benzene rings is 1. The topological polar surface area (TPSA) is 77.2 Å². The van der Waals surface area contributed by atoms with Crippen LogP contribution in [0, 0.1) is 0 Å². The van der Waals surface area contributed by atoms with E-state index in [0.717, 1.165) is 17.7 Å².